The Morgan fingerprint density at radius 2 is 1.65 bits per heavy atom. The Kier molecular flexibility index (Phi) is 4.88. The van der Waals surface area contributed by atoms with Gasteiger partial charge in [0.1, 0.15) is 17.1 Å². The van der Waals surface area contributed by atoms with E-state index in [1.165, 1.54) is 18.2 Å². The third-order valence-corrected chi connectivity index (χ3v) is 3.90. The first kappa shape index (κ1) is 17.8. The van der Waals surface area contributed by atoms with Crippen LogP contribution >= 0.6 is 23.2 Å². The van der Waals surface area contributed by atoms with Crippen molar-refractivity contribution in [2.75, 3.05) is 5.32 Å². The highest BCUT2D eigenvalue weighted by Crippen LogP contribution is 2.29. The molecule has 6 nitrogen and oxygen atoms in total. The lowest BCUT2D eigenvalue weighted by Gasteiger charge is -2.06. The number of halogens is 2. The number of hydrogen-bond donors (Lipinski definition) is 3. The maximum absolute atomic E-state index is 12.3. The van der Waals surface area contributed by atoms with Gasteiger partial charge in [0, 0.05) is 27.4 Å². The monoisotopic (exact) mass is 391 g/mol. The molecule has 0 fully saturated rings. The standard InChI is InChI=1S/C18H11Cl2NO5/c19-10-5-9(6-11(20)7-10)15-3-4-16(26-15)17(23)21-12-1-2-13(18(24)25)14(22)8-12/h1-8,22H,(H,21,23)(H,24,25). The SMILES string of the molecule is O=C(Nc1ccc(C(=O)O)c(O)c1)c1ccc(-c2cc(Cl)cc(Cl)c2)o1. The molecule has 1 heterocycles. The molecule has 0 atom stereocenters. The van der Waals surface area contributed by atoms with E-state index < -0.39 is 17.6 Å². The molecule has 132 valence electrons. The number of furan rings is 1. The molecule has 3 N–H and O–H groups in total. The molecule has 8 heteroatoms. The van der Waals surface area contributed by atoms with Gasteiger partial charge in [-0.1, -0.05) is 23.2 Å². The van der Waals surface area contributed by atoms with Gasteiger partial charge in [-0.3, -0.25) is 4.79 Å². The van der Waals surface area contributed by atoms with E-state index in [2.05, 4.69) is 5.32 Å². The second-order valence-corrected chi connectivity index (χ2v) is 6.19. The number of anilines is 1. The lowest BCUT2D eigenvalue weighted by atomic mass is 10.2. The lowest BCUT2D eigenvalue weighted by Crippen LogP contribution is -2.11. The Labute approximate surface area is 157 Å². The quantitative estimate of drug-likeness (QED) is 0.586. The van der Waals surface area contributed by atoms with Gasteiger partial charge in [0.25, 0.3) is 5.91 Å². The summed E-state index contributed by atoms with van der Waals surface area (Å²) < 4.78 is 5.52. The number of phenols is 1. The Morgan fingerprint density at radius 3 is 2.27 bits per heavy atom. The van der Waals surface area contributed by atoms with Crippen molar-refractivity contribution in [1.29, 1.82) is 0 Å². The van der Waals surface area contributed by atoms with Crippen molar-refractivity contribution in [3.05, 3.63) is 69.9 Å². The van der Waals surface area contributed by atoms with E-state index in [0.717, 1.165) is 6.07 Å². The van der Waals surface area contributed by atoms with Crippen LogP contribution in [-0.4, -0.2) is 22.1 Å². The molecule has 0 bridgehead atoms. The number of aromatic carboxylic acids is 1. The third kappa shape index (κ3) is 3.82. The van der Waals surface area contributed by atoms with Gasteiger partial charge in [-0.15, -0.1) is 0 Å². The van der Waals surface area contributed by atoms with Crippen LogP contribution in [-0.2, 0) is 0 Å². The second kappa shape index (κ2) is 7.11. The van der Waals surface area contributed by atoms with Crippen molar-refractivity contribution in [1.82, 2.24) is 0 Å². The number of carboxylic acid groups (broad SMARTS) is 1. The number of carboxylic acids is 1. The van der Waals surface area contributed by atoms with E-state index in [1.807, 2.05) is 0 Å². The summed E-state index contributed by atoms with van der Waals surface area (Å²) in [5, 5.41) is 21.9. The number of carbonyl (C=O) groups excluding carboxylic acids is 1. The summed E-state index contributed by atoms with van der Waals surface area (Å²) in [5.41, 5.74) is 0.576. The molecular weight excluding hydrogens is 381 g/mol. The van der Waals surface area contributed by atoms with Crippen LogP contribution in [0.15, 0.2) is 52.9 Å². The van der Waals surface area contributed by atoms with Crippen LogP contribution in [0.5, 0.6) is 5.75 Å². The molecule has 0 unspecified atom stereocenters. The zero-order valence-corrected chi connectivity index (χ0v) is 14.5. The molecule has 26 heavy (non-hydrogen) atoms. The molecule has 0 spiro atoms. The van der Waals surface area contributed by atoms with E-state index in [-0.39, 0.29) is 17.0 Å². The minimum absolute atomic E-state index is 0.0258. The summed E-state index contributed by atoms with van der Waals surface area (Å²) in [6.07, 6.45) is 0. The smallest absolute Gasteiger partial charge is 0.339 e. The van der Waals surface area contributed by atoms with Gasteiger partial charge in [-0.05, 0) is 42.5 Å². The van der Waals surface area contributed by atoms with Crippen LogP contribution in [0.1, 0.15) is 20.9 Å². The van der Waals surface area contributed by atoms with E-state index in [1.54, 1.807) is 24.3 Å². The number of carbonyl (C=O) groups is 2. The predicted octanol–water partition coefficient (Wildman–Crippen LogP) is 4.91. The Hall–Kier alpha value is -2.96. The van der Waals surface area contributed by atoms with Gasteiger partial charge in [-0.25, -0.2) is 4.79 Å². The van der Waals surface area contributed by atoms with Crippen molar-refractivity contribution in [2.24, 2.45) is 0 Å². The van der Waals surface area contributed by atoms with Crippen molar-refractivity contribution in [2.45, 2.75) is 0 Å². The molecule has 1 aromatic heterocycles. The van der Waals surface area contributed by atoms with Crippen LogP contribution in [0, 0.1) is 0 Å². The number of amides is 1. The molecule has 1 amide bonds. The van der Waals surface area contributed by atoms with Gasteiger partial charge in [0.2, 0.25) is 0 Å². The first-order valence-corrected chi connectivity index (χ1v) is 8.03. The van der Waals surface area contributed by atoms with Gasteiger partial charge in [0.05, 0.1) is 0 Å². The third-order valence-electron chi connectivity index (χ3n) is 3.46. The number of benzene rings is 2. The highest BCUT2D eigenvalue weighted by atomic mass is 35.5. The molecule has 0 aliphatic rings. The Bertz CT molecular complexity index is 992. The van der Waals surface area contributed by atoms with Gasteiger partial charge in [-0.2, -0.15) is 0 Å². The van der Waals surface area contributed by atoms with Crippen LogP contribution in [0.2, 0.25) is 10.0 Å². The molecule has 0 saturated carbocycles. The fourth-order valence-corrected chi connectivity index (χ4v) is 2.82. The summed E-state index contributed by atoms with van der Waals surface area (Å²) in [5.74, 6) is -1.85. The average molecular weight is 392 g/mol. The highest BCUT2D eigenvalue weighted by Gasteiger charge is 2.15. The molecular formula is C18H11Cl2NO5. The summed E-state index contributed by atoms with van der Waals surface area (Å²) in [4.78, 5) is 23.1. The topological polar surface area (TPSA) is 99.8 Å². The van der Waals surface area contributed by atoms with Gasteiger partial charge < -0.3 is 19.9 Å². The molecule has 0 saturated heterocycles. The van der Waals surface area contributed by atoms with E-state index in [0.29, 0.717) is 21.4 Å². The molecule has 3 rings (SSSR count). The normalized spacial score (nSPS) is 10.5. The van der Waals surface area contributed by atoms with Crippen molar-refractivity contribution < 1.29 is 24.2 Å². The predicted molar refractivity (Wildman–Crippen MR) is 97.2 cm³/mol. The molecule has 2 aromatic carbocycles. The molecule has 0 aliphatic heterocycles. The van der Waals surface area contributed by atoms with E-state index in [4.69, 9.17) is 32.7 Å². The largest absolute Gasteiger partial charge is 0.507 e. The number of hydrogen-bond acceptors (Lipinski definition) is 4. The number of aromatic hydroxyl groups is 1. The minimum atomic E-state index is -1.27. The van der Waals surface area contributed by atoms with Crippen molar-refractivity contribution in [3.63, 3.8) is 0 Å². The highest BCUT2D eigenvalue weighted by molar-refractivity contribution is 6.35. The minimum Gasteiger partial charge on any atom is -0.507 e. The summed E-state index contributed by atoms with van der Waals surface area (Å²) in [6.45, 7) is 0. The van der Waals surface area contributed by atoms with E-state index in [9.17, 15) is 14.7 Å². The molecule has 3 aromatic rings. The summed E-state index contributed by atoms with van der Waals surface area (Å²) in [6, 6.07) is 11.6. The average Bonchev–Trinajstić information content (AvgIpc) is 3.03. The molecule has 0 aliphatic carbocycles. The molecule has 0 radical (unpaired) electrons. The van der Waals surface area contributed by atoms with Crippen LogP contribution in [0.4, 0.5) is 5.69 Å². The second-order valence-electron chi connectivity index (χ2n) is 5.31. The van der Waals surface area contributed by atoms with Crippen molar-refractivity contribution >= 4 is 40.8 Å². The number of nitrogens with one attached hydrogen (secondary N) is 1. The number of rotatable bonds is 4. The fraction of sp³-hybridized carbons (Fsp3) is 0. The van der Waals surface area contributed by atoms with Crippen LogP contribution in [0.25, 0.3) is 11.3 Å². The first-order chi connectivity index (χ1) is 12.3. The summed E-state index contributed by atoms with van der Waals surface area (Å²) in [7, 11) is 0. The van der Waals surface area contributed by atoms with Gasteiger partial charge >= 0.3 is 5.97 Å². The maximum Gasteiger partial charge on any atom is 0.339 e. The zero-order valence-electron chi connectivity index (χ0n) is 13.0. The maximum atomic E-state index is 12.3. The van der Waals surface area contributed by atoms with E-state index >= 15 is 0 Å². The fourth-order valence-electron chi connectivity index (χ4n) is 2.29. The Balaban J connectivity index is 1.80. The lowest BCUT2D eigenvalue weighted by molar-refractivity contribution is 0.0693. The van der Waals surface area contributed by atoms with Crippen LogP contribution in [0.3, 0.4) is 0 Å². The zero-order chi connectivity index (χ0) is 18.8. The van der Waals surface area contributed by atoms with Gasteiger partial charge in [0.15, 0.2) is 5.76 Å². The first-order valence-electron chi connectivity index (χ1n) is 7.27. The van der Waals surface area contributed by atoms with Crippen molar-refractivity contribution in [3.8, 4) is 17.1 Å². The van der Waals surface area contributed by atoms with Crippen LogP contribution < -0.4 is 5.32 Å². The summed E-state index contributed by atoms with van der Waals surface area (Å²) >= 11 is 11.9. The Morgan fingerprint density at radius 1 is 0.962 bits per heavy atom.